The summed E-state index contributed by atoms with van der Waals surface area (Å²) in [6.07, 6.45) is 4.73. The third kappa shape index (κ3) is 6.68. The first-order chi connectivity index (χ1) is 17.9. The highest BCUT2D eigenvalue weighted by Crippen LogP contribution is 2.41. The molecule has 1 atom stereocenters. The Bertz CT molecular complexity index is 1150. The van der Waals surface area contributed by atoms with Crippen LogP contribution in [0.3, 0.4) is 0 Å². The molecule has 1 N–H and O–H groups in total. The Hall–Kier alpha value is -3.84. The van der Waals surface area contributed by atoms with E-state index in [1.54, 1.807) is 35.3 Å². The third-order valence-electron chi connectivity index (χ3n) is 6.29. The molecule has 0 saturated carbocycles. The SMILES string of the molecule is C=CCOc1ccc(C2C(C(=O)C=Cc3ccccc3)=C(O)C(=O)N2CCN(CC)CC)cc1OCC. The largest absolute Gasteiger partial charge is 0.503 e. The molecule has 1 amide bonds. The van der Waals surface area contributed by atoms with E-state index >= 15 is 0 Å². The molecule has 0 saturated heterocycles. The molecule has 2 aromatic rings. The lowest BCUT2D eigenvalue weighted by atomic mass is 9.95. The number of benzene rings is 2. The van der Waals surface area contributed by atoms with Crippen molar-refractivity contribution in [2.24, 2.45) is 0 Å². The topological polar surface area (TPSA) is 79.3 Å². The van der Waals surface area contributed by atoms with Gasteiger partial charge in [-0.25, -0.2) is 0 Å². The highest BCUT2D eigenvalue weighted by Gasteiger charge is 2.43. The molecule has 3 rings (SSSR count). The maximum absolute atomic E-state index is 13.4. The van der Waals surface area contributed by atoms with E-state index in [1.165, 1.54) is 6.08 Å². The van der Waals surface area contributed by atoms with Crippen molar-refractivity contribution in [1.29, 1.82) is 0 Å². The molecule has 0 fully saturated rings. The van der Waals surface area contributed by atoms with Gasteiger partial charge in [0.25, 0.3) is 5.91 Å². The van der Waals surface area contributed by atoms with Gasteiger partial charge in [0, 0.05) is 13.1 Å². The van der Waals surface area contributed by atoms with Crippen LogP contribution in [0.5, 0.6) is 11.5 Å². The fraction of sp³-hybridized carbons (Fsp3) is 0.333. The highest BCUT2D eigenvalue weighted by molar-refractivity contribution is 6.14. The minimum absolute atomic E-state index is 0.0546. The molecule has 0 aliphatic carbocycles. The van der Waals surface area contributed by atoms with Crippen molar-refractivity contribution in [1.82, 2.24) is 9.80 Å². The number of allylic oxidation sites excluding steroid dienone is 1. The molecule has 0 aromatic heterocycles. The van der Waals surface area contributed by atoms with Gasteiger partial charge in [0.1, 0.15) is 6.61 Å². The van der Waals surface area contributed by atoms with E-state index < -0.39 is 23.5 Å². The highest BCUT2D eigenvalue weighted by atomic mass is 16.5. The summed E-state index contributed by atoms with van der Waals surface area (Å²) in [6, 6.07) is 14.0. The number of carbonyl (C=O) groups excluding carboxylic acids is 2. The van der Waals surface area contributed by atoms with Gasteiger partial charge in [-0.15, -0.1) is 0 Å². The molecule has 0 spiro atoms. The average Bonchev–Trinajstić information content (AvgIpc) is 3.17. The van der Waals surface area contributed by atoms with Crippen LogP contribution < -0.4 is 9.47 Å². The van der Waals surface area contributed by atoms with E-state index in [-0.39, 0.29) is 5.57 Å². The van der Waals surface area contributed by atoms with Gasteiger partial charge >= 0.3 is 0 Å². The number of amides is 1. The summed E-state index contributed by atoms with van der Waals surface area (Å²) < 4.78 is 11.5. The number of likely N-dealkylation sites (N-methyl/N-ethyl adjacent to an activating group) is 1. The average molecular weight is 505 g/mol. The van der Waals surface area contributed by atoms with Gasteiger partial charge in [0.2, 0.25) is 0 Å². The standard InChI is InChI=1S/C30H36N2O5/c1-5-20-37-25-17-15-23(21-26(25)36-8-4)28-27(24(33)16-14-22-12-10-9-11-13-22)29(34)30(35)32(28)19-18-31(6-2)7-3/h5,9-17,21,28,34H,1,6-8,18-20H2,2-4H3. The van der Waals surface area contributed by atoms with E-state index in [0.717, 1.165) is 18.7 Å². The lowest BCUT2D eigenvalue weighted by Gasteiger charge is -2.29. The molecule has 2 aromatic carbocycles. The first-order valence-corrected chi connectivity index (χ1v) is 12.7. The van der Waals surface area contributed by atoms with Crippen LogP contribution in [-0.2, 0) is 9.59 Å². The summed E-state index contributed by atoms with van der Waals surface area (Å²) >= 11 is 0. The first-order valence-electron chi connectivity index (χ1n) is 12.7. The summed E-state index contributed by atoms with van der Waals surface area (Å²) in [5.41, 5.74) is 1.55. The van der Waals surface area contributed by atoms with Crippen molar-refractivity contribution in [3.8, 4) is 11.5 Å². The molecule has 7 nitrogen and oxygen atoms in total. The van der Waals surface area contributed by atoms with E-state index in [9.17, 15) is 14.7 Å². The predicted octanol–water partition coefficient (Wildman–Crippen LogP) is 4.97. The van der Waals surface area contributed by atoms with Crippen LogP contribution in [0.1, 0.15) is 37.9 Å². The van der Waals surface area contributed by atoms with Crippen LogP contribution in [-0.4, -0.2) is 66.0 Å². The minimum atomic E-state index is -0.761. The molecular formula is C30H36N2O5. The summed E-state index contributed by atoms with van der Waals surface area (Å²) in [6.45, 7) is 13.0. The van der Waals surface area contributed by atoms with Crippen LogP contribution in [0.2, 0.25) is 0 Å². The smallest absolute Gasteiger partial charge is 0.290 e. The van der Waals surface area contributed by atoms with Crippen molar-refractivity contribution >= 4 is 17.8 Å². The lowest BCUT2D eigenvalue weighted by molar-refractivity contribution is -0.129. The molecule has 196 valence electrons. The van der Waals surface area contributed by atoms with Crippen LogP contribution in [0.25, 0.3) is 6.08 Å². The van der Waals surface area contributed by atoms with Gasteiger partial charge in [-0.2, -0.15) is 0 Å². The monoisotopic (exact) mass is 504 g/mol. The van der Waals surface area contributed by atoms with E-state index in [1.807, 2.05) is 37.3 Å². The summed E-state index contributed by atoms with van der Waals surface area (Å²) in [5, 5.41) is 10.9. The van der Waals surface area contributed by atoms with Crippen LogP contribution >= 0.6 is 0 Å². The molecule has 7 heteroatoms. The van der Waals surface area contributed by atoms with Gasteiger partial charge < -0.3 is 24.4 Å². The number of nitrogens with zero attached hydrogens (tertiary/aromatic N) is 2. The molecule has 1 heterocycles. The van der Waals surface area contributed by atoms with Gasteiger partial charge in [0.15, 0.2) is 23.0 Å². The number of aliphatic hydroxyl groups is 1. The van der Waals surface area contributed by atoms with Gasteiger partial charge in [0.05, 0.1) is 18.2 Å². The number of aliphatic hydroxyl groups excluding tert-OH is 1. The lowest BCUT2D eigenvalue weighted by Crippen LogP contribution is -2.38. The number of ether oxygens (including phenoxy) is 2. The molecule has 37 heavy (non-hydrogen) atoms. The molecule has 1 unspecified atom stereocenters. The number of hydrogen-bond acceptors (Lipinski definition) is 6. The van der Waals surface area contributed by atoms with Crippen molar-refractivity contribution in [3.63, 3.8) is 0 Å². The Balaban J connectivity index is 2.03. The molecule has 0 radical (unpaired) electrons. The van der Waals surface area contributed by atoms with Crippen molar-refractivity contribution in [3.05, 3.63) is 89.7 Å². The van der Waals surface area contributed by atoms with E-state index in [4.69, 9.17) is 9.47 Å². The number of ketones is 1. The Kier molecular flexibility index (Phi) is 10.1. The maximum Gasteiger partial charge on any atom is 0.290 e. The Morgan fingerprint density at radius 2 is 1.81 bits per heavy atom. The summed E-state index contributed by atoms with van der Waals surface area (Å²) in [4.78, 5) is 30.4. The fourth-order valence-electron chi connectivity index (χ4n) is 4.33. The zero-order valence-electron chi connectivity index (χ0n) is 21.9. The number of rotatable bonds is 14. The first kappa shape index (κ1) is 27.7. The van der Waals surface area contributed by atoms with Crippen molar-refractivity contribution in [2.75, 3.05) is 39.4 Å². The maximum atomic E-state index is 13.4. The number of hydrogen-bond donors (Lipinski definition) is 1. The second-order valence-electron chi connectivity index (χ2n) is 8.54. The van der Waals surface area contributed by atoms with Crippen molar-refractivity contribution < 1.29 is 24.2 Å². The van der Waals surface area contributed by atoms with Crippen molar-refractivity contribution in [2.45, 2.75) is 26.8 Å². The second-order valence-corrected chi connectivity index (χ2v) is 8.54. The van der Waals surface area contributed by atoms with Crippen LogP contribution in [0.4, 0.5) is 0 Å². The predicted molar refractivity (Wildman–Crippen MR) is 146 cm³/mol. The Morgan fingerprint density at radius 1 is 1.08 bits per heavy atom. The minimum Gasteiger partial charge on any atom is -0.503 e. The van der Waals surface area contributed by atoms with Crippen LogP contribution in [0.15, 0.2) is 78.6 Å². The zero-order chi connectivity index (χ0) is 26.8. The summed E-state index contributed by atoms with van der Waals surface area (Å²) in [5.74, 6) is -0.462. The fourth-order valence-corrected chi connectivity index (χ4v) is 4.33. The Morgan fingerprint density at radius 3 is 2.46 bits per heavy atom. The number of carbonyl (C=O) groups is 2. The summed E-state index contributed by atoms with van der Waals surface area (Å²) in [7, 11) is 0. The van der Waals surface area contributed by atoms with E-state index in [0.29, 0.717) is 43.4 Å². The molecule has 1 aliphatic heterocycles. The molecule has 0 bridgehead atoms. The van der Waals surface area contributed by atoms with Crippen LogP contribution in [0, 0.1) is 0 Å². The quantitative estimate of drug-likeness (QED) is 0.289. The van der Waals surface area contributed by atoms with E-state index in [2.05, 4.69) is 25.3 Å². The van der Waals surface area contributed by atoms with Gasteiger partial charge in [-0.1, -0.05) is 69.0 Å². The van der Waals surface area contributed by atoms with Gasteiger partial charge in [-0.05, 0) is 49.3 Å². The Labute approximate surface area is 219 Å². The molecular weight excluding hydrogens is 468 g/mol. The zero-order valence-corrected chi connectivity index (χ0v) is 21.9. The van der Waals surface area contributed by atoms with Gasteiger partial charge in [-0.3, -0.25) is 9.59 Å². The normalized spacial score (nSPS) is 15.6. The molecule has 1 aliphatic rings. The third-order valence-corrected chi connectivity index (χ3v) is 6.29. The second kappa shape index (κ2) is 13.5.